The van der Waals surface area contributed by atoms with Gasteiger partial charge in [0.1, 0.15) is 0 Å². The van der Waals surface area contributed by atoms with Gasteiger partial charge in [-0.1, -0.05) is 205 Å². The number of rotatable bonds is 20. The molecule has 0 amide bonds. The Hall–Kier alpha value is -3.90. The maximum absolute atomic E-state index is 2.37. The third-order valence-corrected chi connectivity index (χ3v) is 11.0. The molecule has 0 saturated carbocycles. The Kier molecular flexibility index (Phi) is 18.4. The molecule has 5 aromatic rings. The topological polar surface area (TPSA) is 0 Å². The Labute approximate surface area is 312 Å². The van der Waals surface area contributed by atoms with Crippen LogP contribution in [0, 0.1) is 0 Å². The minimum absolute atomic E-state index is 0.633. The average molecular weight is 679 g/mol. The molecule has 51 heavy (non-hydrogen) atoms. The summed E-state index contributed by atoms with van der Waals surface area (Å²) in [6.45, 7) is 9.29. The Balaban J connectivity index is 0.000000238. The van der Waals surface area contributed by atoms with Crippen LogP contribution in [-0.4, -0.2) is 0 Å². The average Bonchev–Trinajstić information content (AvgIpc) is 3.20. The van der Waals surface area contributed by atoms with Crippen LogP contribution >= 0.6 is 0 Å². The van der Waals surface area contributed by atoms with Crippen molar-refractivity contribution < 1.29 is 0 Å². The van der Waals surface area contributed by atoms with Crippen LogP contribution in [0.3, 0.4) is 0 Å². The van der Waals surface area contributed by atoms with E-state index in [1.807, 2.05) is 0 Å². The number of benzene rings is 5. The predicted octanol–water partition coefficient (Wildman–Crippen LogP) is 15.7. The van der Waals surface area contributed by atoms with E-state index in [-0.39, 0.29) is 0 Å². The molecule has 5 aromatic carbocycles. The number of hydrogen-bond donors (Lipinski definition) is 0. The molecule has 5 rings (SSSR count). The predicted molar refractivity (Wildman–Crippen MR) is 224 cm³/mol. The molecule has 0 aliphatic heterocycles. The van der Waals surface area contributed by atoms with Crippen LogP contribution in [0.5, 0.6) is 0 Å². The molecule has 0 heterocycles. The van der Waals surface area contributed by atoms with Crippen LogP contribution in [-0.2, 0) is 0 Å². The van der Waals surface area contributed by atoms with Crippen molar-refractivity contribution in [3.63, 3.8) is 0 Å². The Bertz CT molecular complexity index is 1480. The molecule has 5 unspecified atom stereocenters. The number of hydrogen-bond acceptors (Lipinski definition) is 0. The van der Waals surface area contributed by atoms with Gasteiger partial charge in [0.2, 0.25) is 0 Å². The molecule has 0 fully saturated rings. The maximum Gasteiger partial charge on any atom is -0.0156 e. The summed E-state index contributed by atoms with van der Waals surface area (Å²) in [4.78, 5) is 0. The van der Waals surface area contributed by atoms with Gasteiger partial charge in [0.25, 0.3) is 0 Å². The summed E-state index contributed by atoms with van der Waals surface area (Å²) < 4.78 is 0. The van der Waals surface area contributed by atoms with Gasteiger partial charge in [0, 0.05) is 0 Å². The van der Waals surface area contributed by atoms with Crippen LogP contribution in [0.15, 0.2) is 152 Å². The summed E-state index contributed by atoms with van der Waals surface area (Å²) in [6.07, 6.45) is 15.3. The van der Waals surface area contributed by atoms with Crippen LogP contribution in [0.4, 0.5) is 0 Å². The first kappa shape index (κ1) is 39.9. The molecule has 0 N–H and O–H groups in total. The van der Waals surface area contributed by atoms with Crippen molar-refractivity contribution in [3.05, 3.63) is 179 Å². The summed E-state index contributed by atoms with van der Waals surface area (Å²) in [7, 11) is 0. The highest BCUT2D eigenvalue weighted by Gasteiger charge is 2.20. The normalized spacial score (nSPS) is 14.0. The van der Waals surface area contributed by atoms with Crippen LogP contribution < -0.4 is 0 Å². The second kappa shape index (κ2) is 23.6. The molecule has 0 heteroatoms. The van der Waals surface area contributed by atoms with E-state index in [2.05, 4.69) is 179 Å². The zero-order valence-electron chi connectivity index (χ0n) is 32.3. The Morgan fingerprint density at radius 2 is 0.608 bits per heavy atom. The highest BCUT2D eigenvalue weighted by Crippen LogP contribution is 2.37. The molecule has 0 aliphatic rings. The fourth-order valence-electron chi connectivity index (χ4n) is 8.11. The molecular weight excluding hydrogens is 613 g/mol. The van der Waals surface area contributed by atoms with E-state index in [1.54, 1.807) is 0 Å². The summed E-state index contributed by atoms with van der Waals surface area (Å²) in [5.74, 6) is 3.35. The lowest BCUT2D eigenvalue weighted by molar-refractivity contribution is 0.456. The molecule has 0 aromatic heterocycles. The van der Waals surface area contributed by atoms with Crippen molar-refractivity contribution in [1.29, 1.82) is 0 Å². The third kappa shape index (κ3) is 14.0. The van der Waals surface area contributed by atoms with Crippen LogP contribution in [0.25, 0.3) is 0 Å². The zero-order valence-corrected chi connectivity index (χ0v) is 32.3. The van der Waals surface area contributed by atoms with Crippen molar-refractivity contribution >= 4 is 0 Å². The van der Waals surface area contributed by atoms with Crippen molar-refractivity contribution in [2.24, 2.45) is 0 Å². The second-order valence-electron chi connectivity index (χ2n) is 14.9. The molecule has 0 bridgehead atoms. The molecule has 0 nitrogen and oxygen atoms in total. The van der Waals surface area contributed by atoms with E-state index in [9.17, 15) is 0 Å². The molecule has 0 saturated heterocycles. The molecule has 0 aliphatic carbocycles. The lowest BCUT2D eigenvalue weighted by atomic mass is 9.80. The van der Waals surface area contributed by atoms with E-state index in [1.165, 1.54) is 105 Å². The van der Waals surface area contributed by atoms with Crippen LogP contribution in [0.1, 0.15) is 162 Å². The summed E-state index contributed by atoms with van der Waals surface area (Å²) in [6, 6.07) is 55.5. The first-order valence-corrected chi connectivity index (χ1v) is 20.4. The monoisotopic (exact) mass is 679 g/mol. The van der Waals surface area contributed by atoms with Gasteiger partial charge in [0.05, 0.1) is 0 Å². The van der Waals surface area contributed by atoms with Crippen LogP contribution in [0.2, 0.25) is 0 Å². The molecule has 0 spiro atoms. The molecule has 270 valence electrons. The first-order valence-electron chi connectivity index (χ1n) is 20.4. The van der Waals surface area contributed by atoms with Gasteiger partial charge in [-0.15, -0.1) is 0 Å². The SMILES string of the molecule is CCCC(CC(CCCC(C)c1ccccc1)c1ccccc1)c1ccccc1.CCCC(CCC(CCC)c1ccccc1)c1ccccc1. The fraction of sp³-hybridized carbons (Fsp3) is 0.412. The van der Waals surface area contributed by atoms with Crippen molar-refractivity contribution in [3.8, 4) is 0 Å². The fourth-order valence-corrected chi connectivity index (χ4v) is 8.11. The lowest BCUT2D eigenvalue weighted by Crippen LogP contribution is -2.08. The van der Waals surface area contributed by atoms with E-state index in [0.29, 0.717) is 29.6 Å². The summed E-state index contributed by atoms with van der Waals surface area (Å²) in [5.41, 5.74) is 7.53. The van der Waals surface area contributed by atoms with Crippen molar-refractivity contribution in [2.45, 2.75) is 134 Å². The van der Waals surface area contributed by atoms with Gasteiger partial charge >= 0.3 is 0 Å². The third-order valence-electron chi connectivity index (χ3n) is 11.0. The highest BCUT2D eigenvalue weighted by molar-refractivity contribution is 5.25. The highest BCUT2D eigenvalue weighted by atomic mass is 14.2. The van der Waals surface area contributed by atoms with Gasteiger partial charge < -0.3 is 0 Å². The second-order valence-corrected chi connectivity index (χ2v) is 14.9. The molecular formula is C51H66. The van der Waals surface area contributed by atoms with Gasteiger partial charge in [0.15, 0.2) is 0 Å². The molecule has 0 radical (unpaired) electrons. The van der Waals surface area contributed by atoms with E-state index >= 15 is 0 Å². The largest absolute Gasteiger partial charge is 0.0654 e. The van der Waals surface area contributed by atoms with Gasteiger partial charge in [-0.2, -0.15) is 0 Å². The van der Waals surface area contributed by atoms with Gasteiger partial charge in [-0.05, 0) is 109 Å². The minimum atomic E-state index is 0.633. The van der Waals surface area contributed by atoms with Crippen molar-refractivity contribution in [2.75, 3.05) is 0 Å². The Morgan fingerprint density at radius 3 is 0.961 bits per heavy atom. The zero-order chi connectivity index (χ0) is 35.9. The van der Waals surface area contributed by atoms with E-state index < -0.39 is 0 Å². The van der Waals surface area contributed by atoms with E-state index in [0.717, 1.165) is 0 Å². The first-order chi connectivity index (χ1) is 25.1. The Morgan fingerprint density at radius 1 is 0.314 bits per heavy atom. The lowest BCUT2D eigenvalue weighted by Gasteiger charge is -2.25. The van der Waals surface area contributed by atoms with Gasteiger partial charge in [-0.25, -0.2) is 0 Å². The van der Waals surface area contributed by atoms with Crippen molar-refractivity contribution in [1.82, 2.24) is 0 Å². The van der Waals surface area contributed by atoms with E-state index in [4.69, 9.17) is 0 Å². The van der Waals surface area contributed by atoms with Gasteiger partial charge in [-0.3, -0.25) is 0 Å². The minimum Gasteiger partial charge on any atom is -0.0654 e. The maximum atomic E-state index is 2.37. The molecule has 5 atom stereocenters. The quantitative estimate of drug-likeness (QED) is 0.0768. The summed E-state index contributed by atoms with van der Waals surface area (Å²) >= 11 is 0. The summed E-state index contributed by atoms with van der Waals surface area (Å²) in [5, 5.41) is 0. The standard InChI is InChI=1S/C29H36.C22H30/c1-3-14-28(26-18-9-5-10-19-26)23-29(27-20-11-6-12-21-27)22-13-15-24(2)25-16-7-4-8-17-25;1-3-11-19(21-13-7-5-8-14-21)17-18-20(12-4-2)22-15-9-6-10-16-22/h4-12,16-21,24,28-29H,3,13-15,22-23H2,1-2H3;5-10,13-16,19-20H,3-4,11-12,17-18H2,1-2H3. The smallest absolute Gasteiger partial charge is 0.0156 e.